The molecule has 7 nitrogen and oxygen atoms in total. The Morgan fingerprint density at radius 1 is 1.53 bits per heavy atom. The molecule has 1 N–H and O–H groups in total. The van der Waals surface area contributed by atoms with Gasteiger partial charge in [-0.05, 0) is 30.2 Å². The Labute approximate surface area is 110 Å². The number of hydrogen-bond acceptors (Lipinski definition) is 4. The van der Waals surface area contributed by atoms with E-state index in [1.807, 2.05) is 0 Å². The van der Waals surface area contributed by atoms with E-state index in [1.54, 1.807) is 25.1 Å². The Balaban J connectivity index is 2.84. The number of carboxylic acid groups (broad SMARTS) is 1. The fourth-order valence-electron chi connectivity index (χ4n) is 1.46. The average Bonchev–Trinajstić information content (AvgIpc) is 2.42. The van der Waals surface area contributed by atoms with Crippen molar-refractivity contribution >= 4 is 5.97 Å². The minimum absolute atomic E-state index is 0.215. The van der Waals surface area contributed by atoms with Crippen LogP contribution in [-0.4, -0.2) is 31.3 Å². The van der Waals surface area contributed by atoms with Gasteiger partial charge in [0.25, 0.3) is 0 Å². The second kappa shape index (κ2) is 7.13. The quantitative estimate of drug-likeness (QED) is 0.354. The summed E-state index contributed by atoms with van der Waals surface area (Å²) in [5.41, 5.74) is 8.77. The predicted molar refractivity (Wildman–Crippen MR) is 68.6 cm³/mol. The summed E-state index contributed by atoms with van der Waals surface area (Å²) in [6.07, 6.45) is 0. The monoisotopic (exact) mass is 265 g/mol. The predicted octanol–water partition coefficient (Wildman–Crippen LogP) is 2.57. The SMILES string of the molecule is COc1cc(C(C)C(=O)O)ccc1OCCN=[N+]=[N-]. The lowest BCUT2D eigenvalue weighted by molar-refractivity contribution is -0.138. The highest BCUT2D eigenvalue weighted by atomic mass is 16.5. The molecule has 0 amide bonds. The van der Waals surface area contributed by atoms with E-state index in [1.165, 1.54) is 7.11 Å². The van der Waals surface area contributed by atoms with Gasteiger partial charge in [-0.25, -0.2) is 0 Å². The van der Waals surface area contributed by atoms with Gasteiger partial charge >= 0.3 is 5.97 Å². The molecule has 0 aliphatic heterocycles. The molecule has 0 aromatic heterocycles. The number of carboxylic acids is 1. The Morgan fingerprint density at radius 3 is 2.84 bits per heavy atom. The normalized spacial score (nSPS) is 11.3. The molecule has 0 aliphatic rings. The molecule has 1 rings (SSSR count). The molecule has 19 heavy (non-hydrogen) atoms. The summed E-state index contributed by atoms with van der Waals surface area (Å²) >= 11 is 0. The van der Waals surface area contributed by atoms with Crippen molar-refractivity contribution in [2.75, 3.05) is 20.3 Å². The van der Waals surface area contributed by atoms with Crippen LogP contribution in [0.1, 0.15) is 18.4 Å². The van der Waals surface area contributed by atoms with Crippen LogP contribution in [0.15, 0.2) is 23.3 Å². The van der Waals surface area contributed by atoms with E-state index in [9.17, 15) is 4.79 Å². The molecule has 0 heterocycles. The number of azide groups is 1. The highest BCUT2D eigenvalue weighted by Gasteiger charge is 2.16. The van der Waals surface area contributed by atoms with Crippen LogP contribution in [0.5, 0.6) is 11.5 Å². The largest absolute Gasteiger partial charge is 0.493 e. The molecule has 0 bridgehead atoms. The third-order valence-corrected chi connectivity index (χ3v) is 2.57. The van der Waals surface area contributed by atoms with Crippen LogP contribution in [0.25, 0.3) is 10.4 Å². The van der Waals surface area contributed by atoms with Gasteiger partial charge < -0.3 is 14.6 Å². The summed E-state index contributed by atoms with van der Waals surface area (Å²) in [6.45, 7) is 2.04. The Kier molecular flexibility index (Phi) is 5.50. The van der Waals surface area contributed by atoms with Crippen molar-refractivity contribution in [3.63, 3.8) is 0 Å². The lowest BCUT2D eigenvalue weighted by atomic mass is 10.0. The number of methoxy groups -OCH3 is 1. The number of benzene rings is 1. The van der Waals surface area contributed by atoms with E-state index in [0.717, 1.165) is 0 Å². The third-order valence-electron chi connectivity index (χ3n) is 2.57. The van der Waals surface area contributed by atoms with Crippen LogP contribution in [0.3, 0.4) is 0 Å². The maximum atomic E-state index is 10.9. The summed E-state index contributed by atoms with van der Waals surface area (Å²) in [7, 11) is 1.48. The van der Waals surface area contributed by atoms with Gasteiger partial charge in [0.15, 0.2) is 11.5 Å². The molecule has 0 spiro atoms. The zero-order valence-corrected chi connectivity index (χ0v) is 10.7. The van der Waals surface area contributed by atoms with Gasteiger partial charge in [-0.1, -0.05) is 11.2 Å². The van der Waals surface area contributed by atoms with Crippen LogP contribution >= 0.6 is 0 Å². The average molecular weight is 265 g/mol. The van der Waals surface area contributed by atoms with Crippen molar-refractivity contribution in [3.8, 4) is 11.5 Å². The van der Waals surface area contributed by atoms with E-state index in [-0.39, 0.29) is 13.2 Å². The van der Waals surface area contributed by atoms with Gasteiger partial charge in [-0.3, -0.25) is 4.79 Å². The van der Waals surface area contributed by atoms with Crippen molar-refractivity contribution in [1.29, 1.82) is 0 Å². The van der Waals surface area contributed by atoms with E-state index in [0.29, 0.717) is 17.1 Å². The van der Waals surface area contributed by atoms with Crippen molar-refractivity contribution < 1.29 is 19.4 Å². The van der Waals surface area contributed by atoms with Crippen molar-refractivity contribution in [2.24, 2.45) is 5.11 Å². The van der Waals surface area contributed by atoms with E-state index >= 15 is 0 Å². The number of ether oxygens (including phenoxy) is 2. The maximum absolute atomic E-state index is 10.9. The van der Waals surface area contributed by atoms with Crippen LogP contribution in [0.4, 0.5) is 0 Å². The molecule has 0 fully saturated rings. The second-order valence-corrected chi connectivity index (χ2v) is 3.77. The molecular formula is C12H15N3O4. The number of nitrogens with zero attached hydrogens (tertiary/aromatic N) is 3. The molecule has 1 unspecified atom stereocenters. The highest BCUT2D eigenvalue weighted by Crippen LogP contribution is 2.30. The lowest BCUT2D eigenvalue weighted by Gasteiger charge is -2.13. The molecule has 1 aromatic carbocycles. The lowest BCUT2D eigenvalue weighted by Crippen LogP contribution is -2.08. The summed E-state index contributed by atoms with van der Waals surface area (Å²) in [6, 6.07) is 4.94. The Bertz CT molecular complexity index is 498. The van der Waals surface area contributed by atoms with Crippen LogP contribution < -0.4 is 9.47 Å². The van der Waals surface area contributed by atoms with Gasteiger partial charge in [-0.2, -0.15) is 0 Å². The van der Waals surface area contributed by atoms with Gasteiger partial charge in [0, 0.05) is 4.91 Å². The zero-order valence-electron chi connectivity index (χ0n) is 10.7. The number of carbonyl (C=O) groups is 1. The summed E-state index contributed by atoms with van der Waals surface area (Å²) in [4.78, 5) is 13.5. The van der Waals surface area contributed by atoms with Gasteiger partial charge in [0.1, 0.15) is 0 Å². The van der Waals surface area contributed by atoms with E-state index in [2.05, 4.69) is 10.0 Å². The first-order valence-electron chi connectivity index (χ1n) is 5.64. The van der Waals surface area contributed by atoms with Crippen molar-refractivity contribution in [1.82, 2.24) is 0 Å². The first-order valence-corrected chi connectivity index (χ1v) is 5.64. The van der Waals surface area contributed by atoms with Gasteiger partial charge in [-0.15, -0.1) is 0 Å². The second-order valence-electron chi connectivity index (χ2n) is 3.77. The number of hydrogen-bond donors (Lipinski definition) is 1. The first-order chi connectivity index (χ1) is 9.10. The molecule has 0 aliphatic carbocycles. The fourth-order valence-corrected chi connectivity index (χ4v) is 1.46. The first kappa shape index (κ1) is 14.7. The smallest absolute Gasteiger partial charge is 0.310 e. The summed E-state index contributed by atoms with van der Waals surface area (Å²) < 4.78 is 10.5. The molecule has 0 radical (unpaired) electrons. The van der Waals surface area contributed by atoms with Gasteiger partial charge in [0.2, 0.25) is 0 Å². The topological polar surface area (TPSA) is 105 Å². The minimum atomic E-state index is -0.904. The zero-order chi connectivity index (χ0) is 14.3. The minimum Gasteiger partial charge on any atom is -0.493 e. The Morgan fingerprint density at radius 2 is 2.26 bits per heavy atom. The van der Waals surface area contributed by atoms with Crippen molar-refractivity contribution in [3.05, 3.63) is 34.2 Å². The van der Waals surface area contributed by atoms with Gasteiger partial charge in [0.05, 0.1) is 26.2 Å². The molecule has 7 heteroatoms. The molecule has 1 atom stereocenters. The maximum Gasteiger partial charge on any atom is 0.310 e. The standard InChI is InChI=1S/C12H15N3O4/c1-8(12(16)17)9-3-4-10(11(7-9)18-2)19-6-5-14-15-13/h3-4,7-8H,5-6H2,1-2H3,(H,16,17). The number of rotatable bonds is 7. The molecule has 0 saturated heterocycles. The Hall–Kier alpha value is -2.40. The van der Waals surface area contributed by atoms with Crippen LogP contribution in [-0.2, 0) is 4.79 Å². The van der Waals surface area contributed by atoms with Crippen LogP contribution in [0.2, 0.25) is 0 Å². The molecule has 102 valence electrons. The van der Waals surface area contributed by atoms with E-state index in [4.69, 9.17) is 20.1 Å². The fraction of sp³-hybridized carbons (Fsp3) is 0.417. The third kappa shape index (κ3) is 4.08. The molecule has 1 aromatic rings. The molecular weight excluding hydrogens is 250 g/mol. The summed E-state index contributed by atoms with van der Waals surface area (Å²) in [5, 5.41) is 12.3. The highest BCUT2D eigenvalue weighted by molar-refractivity contribution is 5.75. The number of aliphatic carboxylic acids is 1. The molecule has 0 saturated carbocycles. The van der Waals surface area contributed by atoms with Crippen LogP contribution in [0, 0.1) is 0 Å². The summed E-state index contributed by atoms with van der Waals surface area (Å²) in [5.74, 6) is -0.589. The van der Waals surface area contributed by atoms with Crippen molar-refractivity contribution in [2.45, 2.75) is 12.8 Å². The van der Waals surface area contributed by atoms with E-state index < -0.39 is 11.9 Å².